The van der Waals surface area contributed by atoms with Crippen LogP contribution in [0.25, 0.3) is 0 Å². The fourth-order valence-electron chi connectivity index (χ4n) is 2.82. The molecule has 1 amide bonds. The minimum atomic E-state index is -3.91. The topological polar surface area (TPSA) is 119 Å². The maximum atomic E-state index is 12.7. The largest absolute Gasteiger partial charge is 0.439 e. The fraction of sp³-hybridized carbons (Fsp3) is 0.0909. The molecule has 0 radical (unpaired) electrons. The molecule has 2 aromatic carbocycles. The zero-order chi connectivity index (χ0) is 25.2. The van der Waals surface area contributed by atoms with Crippen LogP contribution in [0.5, 0.6) is 0 Å². The summed E-state index contributed by atoms with van der Waals surface area (Å²) in [5.74, 6) is -1.04. The van der Waals surface area contributed by atoms with Crippen LogP contribution in [0.15, 0.2) is 73.3 Å². The summed E-state index contributed by atoms with van der Waals surface area (Å²) in [6.07, 6.45) is 0. The molecule has 0 aliphatic carbocycles. The molecule has 8 nitrogen and oxygen atoms in total. The van der Waals surface area contributed by atoms with Crippen LogP contribution in [0.4, 0.5) is 5.13 Å². The summed E-state index contributed by atoms with van der Waals surface area (Å²) < 4.78 is 31.2. The number of aryl methyl sites for hydroxylation is 1. The molecule has 180 valence electrons. The minimum absolute atomic E-state index is 0.0579. The van der Waals surface area contributed by atoms with Crippen molar-refractivity contribution in [3.05, 3.63) is 81.5 Å². The number of thioether (sulfide) groups is 1. The maximum Gasteiger partial charge on any atom is 0.293 e. The summed E-state index contributed by atoms with van der Waals surface area (Å²) in [6, 6.07) is 13.4. The van der Waals surface area contributed by atoms with E-state index in [-0.39, 0.29) is 37.4 Å². The number of benzene rings is 2. The Morgan fingerprint density at radius 3 is 2.51 bits per heavy atom. The van der Waals surface area contributed by atoms with Crippen LogP contribution >= 0.6 is 46.3 Å². The maximum absolute atomic E-state index is 12.7. The van der Waals surface area contributed by atoms with Crippen molar-refractivity contribution >= 4 is 73.0 Å². The SMILES string of the molecule is Cc1ccc(S(=O)(=O)c2ccc(C(=O)Nc3nnc(SCC(=O)c4ccc(Cl)cc4Cl)s3)o2)cc1. The number of ketones is 1. The number of nitrogens with zero attached hydrogens (tertiary/aromatic N) is 2. The highest BCUT2D eigenvalue weighted by molar-refractivity contribution is 8.01. The van der Waals surface area contributed by atoms with Crippen LogP contribution in [0.1, 0.15) is 26.5 Å². The van der Waals surface area contributed by atoms with Gasteiger partial charge in [0.2, 0.25) is 20.1 Å². The van der Waals surface area contributed by atoms with E-state index < -0.39 is 15.7 Å². The number of sulfone groups is 1. The zero-order valence-electron chi connectivity index (χ0n) is 17.8. The van der Waals surface area contributed by atoms with Gasteiger partial charge < -0.3 is 4.42 Å². The van der Waals surface area contributed by atoms with Crippen molar-refractivity contribution in [3.63, 3.8) is 0 Å². The number of halogens is 2. The second kappa shape index (κ2) is 10.5. The number of hydrogen-bond acceptors (Lipinski definition) is 9. The third-order valence-electron chi connectivity index (χ3n) is 4.59. The number of anilines is 1. The van der Waals surface area contributed by atoms with Crippen molar-refractivity contribution in [3.8, 4) is 0 Å². The van der Waals surface area contributed by atoms with Gasteiger partial charge >= 0.3 is 0 Å². The lowest BCUT2D eigenvalue weighted by Gasteiger charge is -2.02. The summed E-state index contributed by atoms with van der Waals surface area (Å²) in [5, 5.41) is 10.8. The van der Waals surface area contributed by atoms with Gasteiger partial charge in [0.05, 0.1) is 15.7 Å². The number of hydrogen-bond donors (Lipinski definition) is 1. The van der Waals surface area contributed by atoms with Gasteiger partial charge in [-0.3, -0.25) is 14.9 Å². The van der Waals surface area contributed by atoms with Crippen LogP contribution in [0.2, 0.25) is 10.0 Å². The van der Waals surface area contributed by atoms with Crippen LogP contribution in [-0.2, 0) is 9.84 Å². The molecule has 0 fully saturated rings. The first-order chi connectivity index (χ1) is 16.6. The molecule has 0 saturated carbocycles. The number of Topliss-reactive ketones (excluding diaryl/α,β-unsaturated/α-hetero) is 1. The lowest BCUT2D eigenvalue weighted by atomic mass is 10.1. The fourth-order valence-corrected chi connectivity index (χ4v) is 6.14. The monoisotopic (exact) mass is 567 g/mol. The molecule has 0 spiro atoms. The Morgan fingerprint density at radius 1 is 1.06 bits per heavy atom. The summed E-state index contributed by atoms with van der Waals surface area (Å²) in [7, 11) is -3.91. The number of aromatic nitrogens is 2. The summed E-state index contributed by atoms with van der Waals surface area (Å²) in [5.41, 5.74) is 1.26. The molecule has 0 atom stereocenters. The summed E-state index contributed by atoms with van der Waals surface area (Å²) >= 11 is 14.1. The molecule has 4 rings (SSSR count). The van der Waals surface area contributed by atoms with E-state index in [0.29, 0.717) is 14.9 Å². The molecular formula is C22H15Cl2N3O5S3. The summed E-state index contributed by atoms with van der Waals surface area (Å²) in [4.78, 5) is 25.0. The van der Waals surface area contributed by atoms with Crippen LogP contribution in [-0.4, -0.2) is 36.1 Å². The summed E-state index contributed by atoms with van der Waals surface area (Å²) in [6.45, 7) is 1.84. The lowest BCUT2D eigenvalue weighted by molar-refractivity contribution is 0.0989. The van der Waals surface area contributed by atoms with E-state index in [1.54, 1.807) is 24.3 Å². The molecule has 1 N–H and O–H groups in total. The van der Waals surface area contributed by atoms with Crippen molar-refractivity contribution < 1.29 is 22.4 Å². The van der Waals surface area contributed by atoms with Crippen LogP contribution in [0, 0.1) is 6.92 Å². The second-order valence-corrected chi connectivity index (χ2v) is 12.0. The highest BCUT2D eigenvalue weighted by Gasteiger charge is 2.24. The Bertz CT molecular complexity index is 1520. The van der Waals surface area contributed by atoms with E-state index in [1.807, 2.05) is 6.92 Å². The standard InChI is InChI=1S/C22H15Cl2N3O5S3/c1-12-2-5-14(6-3-12)35(30,31)19-9-8-18(32-19)20(29)25-21-26-27-22(34-21)33-11-17(28)15-7-4-13(23)10-16(15)24/h2-10H,11H2,1H3,(H,25,26,29). The molecule has 0 bridgehead atoms. The van der Waals surface area contributed by atoms with Crippen molar-refractivity contribution in [1.29, 1.82) is 0 Å². The molecule has 2 heterocycles. The Labute approximate surface area is 218 Å². The Morgan fingerprint density at radius 2 is 1.80 bits per heavy atom. The van der Waals surface area contributed by atoms with E-state index in [2.05, 4.69) is 15.5 Å². The third-order valence-corrected chi connectivity index (χ3v) is 8.75. The van der Waals surface area contributed by atoms with Gasteiger partial charge in [0.1, 0.15) is 0 Å². The lowest BCUT2D eigenvalue weighted by Crippen LogP contribution is -2.10. The third kappa shape index (κ3) is 5.93. The van der Waals surface area contributed by atoms with E-state index in [9.17, 15) is 18.0 Å². The van der Waals surface area contributed by atoms with E-state index >= 15 is 0 Å². The molecule has 0 aliphatic heterocycles. The Hall–Kier alpha value is -2.70. The first-order valence-corrected chi connectivity index (χ1v) is 13.8. The molecule has 13 heteroatoms. The van der Waals surface area contributed by atoms with Crippen LogP contribution < -0.4 is 5.32 Å². The predicted molar refractivity (Wildman–Crippen MR) is 135 cm³/mol. The van der Waals surface area contributed by atoms with Crippen molar-refractivity contribution in [1.82, 2.24) is 10.2 Å². The average molecular weight is 568 g/mol. The van der Waals surface area contributed by atoms with E-state index in [0.717, 1.165) is 28.7 Å². The first-order valence-electron chi connectivity index (χ1n) is 9.81. The normalized spacial score (nSPS) is 11.4. The van der Waals surface area contributed by atoms with Gasteiger partial charge in [-0.25, -0.2) is 8.42 Å². The molecular weight excluding hydrogens is 553 g/mol. The molecule has 0 saturated heterocycles. The highest BCUT2D eigenvalue weighted by atomic mass is 35.5. The average Bonchev–Trinajstić information content (AvgIpc) is 3.48. The van der Waals surface area contributed by atoms with Gasteiger partial charge in [-0.05, 0) is 49.4 Å². The Kier molecular flexibility index (Phi) is 7.62. The number of rotatable bonds is 8. The number of carbonyl (C=O) groups is 2. The second-order valence-electron chi connectivity index (χ2n) is 7.10. The number of furan rings is 1. The van der Waals surface area contributed by atoms with Gasteiger partial charge in [0.25, 0.3) is 5.91 Å². The number of amides is 1. The number of nitrogens with one attached hydrogen (secondary N) is 1. The van der Waals surface area contributed by atoms with Gasteiger partial charge in [0.15, 0.2) is 15.9 Å². The molecule has 0 unspecified atom stereocenters. The number of carbonyl (C=O) groups excluding carboxylic acids is 2. The van der Waals surface area contributed by atoms with E-state index in [4.69, 9.17) is 27.6 Å². The van der Waals surface area contributed by atoms with Crippen LogP contribution in [0.3, 0.4) is 0 Å². The van der Waals surface area contributed by atoms with Gasteiger partial charge in [-0.1, -0.05) is 64.0 Å². The van der Waals surface area contributed by atoms with Crippen molar-refractivity contribution in [2.75, 3.05) is 11.1 Å². The van der Waals surface area contributed by atoms with Gasteiger partial charge in [0, 0.05) is 10.6 Å². The van der Waals surface area contributed by atoms with Crippen molar-refractivity contribution in [2.45, 2.75) is 21.3 Å². The van der Waals surface area contributed by atoms with Gasteiger partial charge in [-0.2, -0.15) is 0 Å². The molecule has 35 heavy (non-hydrogen) atoms. The molecule has 2 aromatic heterocycles. The molecule has 4 aromatic rings. The first kappa shape index (κ1) is 25.4. The molecule has 0 aliphatic rings. The van der Waals surface area contributed by atoms with Gasteiger partial charge in [-0.15, -0.1) is 10.2 Å². The highest BCUT2D eigenvalue weighted by Crippen LogP contribution is 2.29. The minimum Gasteiger partial charge on any atom is -0.439 e. The Balaban J connectivity index is 1.38. The smallest absolute Gasteiger partial charge is 0.293 e. The predicted octanol–water partition coefficient (Wildman–Crippen LogP) is 5.81. The zero-order valence-corrected chi connectivity index (χ0v) is 21.8. The quantitative estimate of drug-likeness (QED) is 0.161. The van der Waals surface area contributed by atoms with E-state index in [1.165, 1.54) is 30.3 Å². The van der Waals surface area contributed by atoms with Crippen molar-refractivity contribution in [2.24, 2.45) is 0 Å².